The van der Waals surface area contributed by atoms with E-state index < -0.39 is 0 Å². The standard InChI is InChI=1S/C23H30N2O4S/c1-28-20-7-6-19(21(13-20)29-2)14-24-22(26)8-5-17-4-3-10-25(15-17)23(27)12-18-9-11-30-16-18/h6-7,9,11,13,16-17H,3-5,8,10,12,14-15H2,1-2H3,(H,24,26)/t17-/m0/s1. The first-order valence-electron chi connectivity index (χ1n) is 10.4. The zero-order valence-electron chi connectivity index (χ0n) is 17.7. The summed E-state index contributed by atoms with van der Waals surface area (Å²) in [6.45, 7) is 1.99. The van der Waals surface area contributed by atoms with Crippen LogP contribution < -0.4 is 14.8 Å². The van der Waals surface area contributed by atoms with Gasteiger partial charge in [-0.05, 0) is 59.7 Å². The highest BCUT2D eigenvalue weighted by Crippen LogP contribution is 2.25. The predicted molar refractivity (Wildman–Crippen MR) is 118 cm³/mol. The number of ether oxygens (including phenoxy) is 2. The van der Waals surface area contributed by atoms with E-state index in [1.807, 2.05) is 39.9 Å². The maximum absolute atomic E-state index is 12.5. The van der Waals surface area contributed by atoms with E-state index in [0.717, 1.165) is 49.2 Å². The molecule has 1 fully saturated rings. The van der Waals surface area contributed by atoms with Crippen LogP contribution in [0.15, 0.2) is 35.0 Å². The Kier molecular flexibility index (Phi) is 8.13. The van der Waals surface area contributed by atoms with Gasteiger partial charge >= 0.3 is 0 Å². The molecule has 0 bridgehead atoms. The van der Waals surface area contributed by atoms with Gasteiger partial charge in [0.2, 0.25) is 11.8 Å². The summed E-state index contributed by atoms with van der Waals surface area (Å²) in [6, 6.07) is 7.57. The van der Waals surface area contributed by atoms with Gasteiger partial charge in [0.15, 0.2) is 0 Å². The van der Waals surface area contributed by atoms with Crippen molar-refractivity contribution in [2.24, 2.45) is 5.92 Å². The number of carbonyl (C=O) groups excluding carboxylic acids is 2. The van der Waals surface area contributed by atoms with Gasteiger partial charge in [-0.2, -0.15) is 11.3 Å². The molecule has 1 atom stereocenters. The van der Waals surface area contributed by atoms with Gasteiger partial charge in [-0.1, -0.05) is 0 Å². The van der Waals surface area contributed by atoms with E-state index in [0.29, 0.717) is 31.1 Å². The molecule has 1 saturated heterocycles. The zero-order chi connectivity index (χ0) is 21.3. The second-order valence-electron chi connectivity index (χ2n) is 7.65. The van der Waals surface area contributed by atoms with Crippen LogP contribution in [-0.4, -0.2) is 44.0 Å². The summed E-state index contributed by atoms with van der Waals surface area (Å²) in [5.74, 6) is 2.01. The molecule has 0 saturated carbocycles. The fraction of sp³-hybridized carbons (Fsp3) is 0.478. The van der Waals surface area contributed by atoms with Gasteiger partial charge in [-0.3, -0.25) is 9.59 Å². The van der Waals surface area contributed by atoms with E-state index in [1.165, 1.54) is 0 Å². The Bertz CT molecular complexity index is 838. The van der Waals surface area contributed by atoms with Crippen LogP contribution in [0.25, 0.3) is 0 Å². The topological polar surface area (TPSA) is 67.9 Å². The van der Waals surface area contributed by atoms with Gasteiger partial charge in [-0.15, -0.1) is 0 Å². The van der Waals surface area contributed by atoms with Crippen LogP contribution in [0.4, 0.5) is 0 Å². The Balaban J connectivity index is 1.42. The van der Waals surface area contributed by atoms with Crippen LogP contribution in [0.2, 0.25) is 0 Å². The van der Waals surface area contributed by atoms with Crippen LogP contribution >= 0.6 is 11.3 Å². The molecular weight excluding hydrogens is 400 g/mol. The van der Waals surface area contributed by atoms with Crippen molar-refractivity contribution in [2.75, 3.05) is 27.3 Å². The highest BCUT2D eigenvalue weighted by molar-refractivity contribution is 7.08. The minimum Gasteiger partial charge on any atom is -0.497 e. The Morgan fingerprint density at radius 3 is 2.83 bits per heavy atom. The normalized spacial score (nSPS) is 16.2. The van der Waals surface area contributed by atoms with Gasteiger partial charge < -0.3 is 19.7 Å². The third-order valence-electron chi connectivity index (χ3n) is 5.56. The first kappa shape index (κ1) is 22.2. The molecule has 0 aliphatic carbocycles. The number of nitrogens with one attached hydrogen (secondary N) is 1. The van der Waals surface area contributed by atoms with Crippen LogP contribution in [0, 0.1) is 5.92 Å². The number of amides is 2. The Hall–Kier alpha value is -2.54. The molecule has 1 aromatic carbocycles. The first-order chi connectivity index (χ1) is 14.6. The van der Waals surface area contributed by atoms with Gasteiger partial charge in [-0.25, -0.2) is 0 Å². The molecule has 2 amide bonds. The van der Waals surface area contributed by atoms with Crippen molar-refractivity contribution in [3.63, 3.8) is 0 Å². The van der Waals surface area contributed by atoms with Crippen molar-refractivity contribution in [3.8, 4) is 11.5 Å². The lowest BCUT2D eigenvalue weighted by molar-refractivity contribution is -0.132. The predicted octanol–water partition coefficient (Wildman–Crippen LogP) is 3.64. The quantitative estimate of drug-likeness (QED) is 0.660. The van der Waals surface area contributed by atoms with Crippen LogP contribution in [0.3, 0.4) is 0 Å². The van der Waals surface area contributed by atoms with Crippen molar-refractivity contribution in [2.45, 2.75) is 38.6 Å². The summed E-state index contributed by atoms with van der Waals surface area (Å²) in [6.07, 6.45) is 3.82. The first-order valence-corrected chi connectivity index (χ1v) is 11.3. The summed E-state index contributed by atoms with van der Waals surface area (Å²) in [7, 11) is 3.22. The third kappa shape index (κ3) is 6.23. The molecule has 6 nitrogen and oxygen atoms in total. The highest BCUT2D eigenvalue weighted by Gasteiger charge is 2.24. The number of thiophene rings is 1. The molecule has 2 aromatic rings. The monoisotopic (exact) mass is 430 g/mol. The lowest BCUT2D eigenvalue weighted by Gasteiger charge is -2.32. The molecule has 1 N–H and O–H groups in total. The third-order valence-corrected chi connectivity index (χ3v) is 6.29. The number of methoxy groups -OCH3 is 2. The average molecular weight is 431 g/mol. The fourth-order valence-electron chi connectivity index (χ4n) is 3.82. The van der Waals surface area contributed by atoms with Gasteiger partial charge in [0.1, 0.15) is 11.5 Å². The molecule has 7 heteroatoms. The van der Waals surface area contributed by atoms with Crippen molar-refractivity contribution in [1.29, 1.82) is 0 Å². The summed E-state index contributed by atoms with van der Waals surface area (Å²) < 4.78 is 10.6. The summed E-state index contributed by atoms with van der Waals surface area (Å²) in [5.41, 5.74) is 2.00. The maximum atomic E-state index is 12.5. The zero-order valence-corrected chi connectivity index (χ0v) is 18.5. The lowest BCUT2D eigenvalue weighted by atomic mass is 9.93. The Morgan fingerprint density at radius 1 is 1.23 bits per heavy atom. The minimum atomic E-state index is 0.0228. The number of carbonyl (C=O) groups is 2. The van der Waals surface area contributed by atoms with Crippen molar-refractivity contribution in [3.05, 3.63) is 46.2 Å². The summed E-state index contributed by atoms with van der Waals surface area (Å²) in [4.78, 5) is 26.9. The molecular formula is C23H30N2O4S. The SMILES string of the molecule is COc1ccc(CNC(=O)CC[C@@H]2CCCN(C(=O)Cc3ccsc3)C2)c(OC)c1. The fourth-order valence-corrected chi connectivity index (χ4v) is 4.49. The van der Waals surface area contributed by atoms with Crippen molar-refractivity contribution < 1.29 is 19.1 Å². The molecule has 1 aliphatic heterocycles. The lowest BCUT2D eigenvalue weighted by Crippen LogP contribution is -2.41. The van der Waals surface area contributed by atoms with Crippen molar-refractivity contribution >= 4 is 23.2 Å². The van der Waals surface area contributed by atoms with Gasteiger partial charge in [0, 0.05) is 37.7 Å². The molecule has 162 valence electrons. The number of benzene rings is 1. The van der Waals surface area contributed by atoms with Gasteiger partial charge in [0.05, 0.1) is 20.6 Å². The highest BCUT2D eigenvalue weighted by atomic mass is 32.1. The number of rotatable bonds is 9. The molecule has 0 spiro atoms. The smallest absolute Gasteiger partial charge is 0.227 e. The molecule has 3 rings (SSSR count). The van der Waals surface area contributed by atoms with E-state index in [9.17, 15) is 9.59 Å². The number of nitrogens with zero attached hydrogens (tertiary/aromatic N) is 1. The molecule has 30 heavy (non-hydrogen) atoms. The number of likely N-dealkylation sites (tertiary alicyclic amines) is 1. The second-order valence-corrected chi connectivity index (χ2v) is 8.43. The number of hydrogen-bond acceptors (Lipinski definition) is 5. The van der Waals surface area contributed by atoms with E-state index in [2.05, 4.69) is 5.32 Å². The van der Waals surface area contributed by atoms with Crippen LogP contribution in [0.1, 0.15) is 36.8 Å². The van der Waals surface area contributed by atoms with E-state index in [4.69, 9.17) is 9.47 Å². The number of piperidine rings is 1. The molecule has 2 heterocycles. The average Bonchev–Trinajstić information content (AvgIpc) is 3.29. The number of hydrogen-bond donors (Lipinski definition) is 1. The van der Waals surface area contributed by atoms with Crippen molar-refractivity contribution in [1.82, 2.24) is 10.2 Å². The molecule has 0 radical (unpaired) electrons. The van der Waals surface area contributed by atoms with Crippen LogP contribution in [0.5, 0.6) is 11.5 Å². The largest absolute Gasteiger partial charge is 0.497 e. The second kappa shape index (κ2) is 11.0. The minimum absolute atomic E-state index is 0.0228. The Labute approximate surface area is 182 Å². The van der Waals surface area contributed by atoms with Gasteiger partial charge in [0.25, 0.3) is 0 Å². The van der Waals surface area contributed by atoms with E-state index in [1.54, 1.807) is 25.6 Å². The van der Waals surface area contributed by atoms with Crippen LogP contribution in [-0.2, 0) is 22.6 Å². The molecule has 1 aromatic heterocycles. The molecule has 1 aliphatic rings. The van der Waals surface area contributed by atoms with E-state index in [-0.39, 0.29) is 11.8 Å². The van der Waals surface area contributed by atoms with E-state index >= 15 is 0 Å². The summed E-state index contributed by atoms with van der Waals surface area (Å²) in [5, 5.41) is 7.01. The maximum Gasteiger partial charge on any atom is 0.227 e. The molecule has 0 unspecified atom stereocenters. The Morgan fingerprint density at radius 2 is 2.10 bits per heavy atom. The summed E-state index contributed by atoms with van der Waals surface area (Å²) >= 11 is 1.62.